The predicted molar refractivity (Wildman–Crippen MR) is 137 cm³/mol. The molecule has 0 bridgehead atoms. The number of nitrogens with one attached hydrogen (secondary N) is 1. The van der Waals surface area contributed by atoms with Gasteiger partial charge in [-0.2, -0.15) is 0 Å². The van der Waals surface area contributed by atoms with Gasteiger partial charge < -0.3 is 19.5 Å². The highest BCUT2D eigenvalue weighted by Gasteiger charge is 2.21. The van der Waals surface area contributed by atoms with Gasteiger partial charge in [-0.1, -0.05) is 22.9 Å². The Morgan fingerprint density at radius 3 is 2.44 bits per heavy atom. The number of esters is 1. The summed E-state index contributed by atoms with van der Waals surface area (Å²) in [6, 6.07) is 9.88. The van der Waals surface area contributed by atoms with Gasteiger partial charge in [0.1, 0.15) is 16.5 Å². The van der Waals surface area contributed by atoms with E-state index in [2.05, 4.69) is 15.2 Å². The van der Waals surface area contributed by atoms with Gasteiger partial charge >= 0.3 is 5.97 Å². The summed E-state index contributed by atoms with van der Waals surface area (Å²) in [6.07, 6.45) is 2.04. The van der Waals surface area contributed by atoms with E-state index in [9.17, 15) is 4.79 Å². The van der Waals surface area contributed by atoms with Gasteiger partial charge in [0.25, 0.3) is 0 Å². The lowest BCUT2D eigenvalue weighted by Crippen LogP contribution is -2.38. The molecule has 182 valence electrons. The summed E-state index contributed by atoms with van der Waals surface area (Å²) in [6.45, 7) is 7.79. The minimum Gasteiger partial charge on any atom is -0.492 e. The van der Waals surface area contributed by atoms with Crippen LogP contribution in [-0.4, -0.2) is 55.3 Å². The maximum atomic E-state index is 11.8. The monoisotopic (exact) mass is 503 g/mol. The van der Waals surface area contributed by atoms with Crippen LogP contribution in [0.3, 0.4) is 0 Å². The molecule has 1 aliphatic rings. The first-order valence-electron chi connectivity index (χ1n) is 11.6. The minimum atomic E-state index is -0.348. The zero-order chi connectivity index (χ0) is 24.1. The number of carbonyl (C=O) groups is 1. The van der Waals surface area contributed by atoms with Crippen LogP contribution in [0, 0.1) is 0 Å². The third kappa shape index (κ3) is 5.74. The second-order valence-electron chi connectivity index (χ2n) is 8.16. The van der Waals surface area contributed by atoms with Gasteiger partial charge in [0, 0.05) is 25.7 Å². The van der Waals surface area contributed by atoms with Gasteiger partial charge in [-0.05, 0) is 62.6 Å². The maximum absolute atomic E-state index is 11.8. The van der Waals surface area contributed by atoms with Crippen molar-refractivity contribution in [1.82, 2.24) is 9.88 Å². The number of benzene rings is 2. The maximum Gasteiger partial charge on any atom is 0.337 e. The van der Waals surface area contributed by atoms with Crippen molar-refractivity contribution in [2.24, 2.45) is 0 Å². The van der Waals surface area contributed by atoms with Gasteiger partial charge in [-0.15, -0.1) is 0 Å². The van der Waals surface area contributed by atoms with E-state index < -0.39 is 0 Å². The molecule has 1 N–H and O–H groups in total. The molecule has 9 heteroatoms. The fourth-order valence-corrected chi connectivity index (χ4v) is 5.28. The minimum absolute atomic E-state index is 0.348. The Morgan fingerprint density at radius 2 is 1.82 bits per heavy atom. The van der Waals surface area contributed by atoms with E-state index in [1.54, 1.807) is 23.5 Å². The third-order valence-corrected chi connectivity index (χ3v) is 7.14. The molecule has 2 aromatic carbocycles. The number of rotatable bonds is 9. The topological polar surface area (TPSA) is 72.9 Å². The van der Waals surface area contributed by atoms with Crippen molar-refractivity contribution in [3.63, 3.8) is 0 Å². The molecule has 0 atom stereocenters. The number of ether oxygens (including phenoxy) is 3. The predicted octanol–water partition coefficient (Wildman–Crippen LogP) is 5.61. The van der Waals surface area contributed by atoms with Gasteiger partial charge in [0.15, 0.2) is 5.13 Å². The van der Waals surface area contributed by atoms with E-state index in [-0.39, 0.29) is 5.97 Å². The Hall–Kier alpha value is -2.55. The highest BCUT2D eigenvalue weighted by atomic mass is 35.5. The number of anilines is 1. The largest absolute Gasteiger partial charge is 0.492 e. The zero-order valence-electron chi connectivity index (χ0n) is 19.7. The lowest BCUT2D eigenvalue weighted by atomic mass is 10.0. The van der Waals surface area contributed by atoms with E-state index in [0.717, 1.165) is 53.4 Å². The highest BCUT2D eigenvalue weighted by Crippen LogP contribution is 2.36. The molecule has 0 amide bonds. The van der Waals surface area contributed by atoms with Crippen LogP contribution < -0.4 is 14.8 Å². The van der Waals surface area contributed by atoms with Crippen molar-refractivity contribution >= 4 is 44.3 Å². The number of hydrogen-bond donors (Lipinski definition) is 1. The molecule has 0 aliphatic carbocycles. The number of methoxy groups -OCH3 is 1. The Bertz CT molecular complexity index is 1120. The first kappa shape index (κ1) is 24.6. The summed E-state index contributed by atoms with van der Waals surface area (Å²) < 4.78 is 17.3. The molecule has 0 unspecified atom stereocenters. The number of piperidine rings is 1. The summed E-state index contributed by atoms with van der Waals surface area (Å²) in [4.78, 5) is 18.9. The zero-order valence-corrected chi connectivity index (χ0v) is 21.3. The Balaban J connectivity index is 1.36. The number of hydrogen-bond acceptors (Lipinski definition) is 8. The lowest BCUT2D eigenvalue weighted by Gasteiger charge is -2.32. The number of thiazole rings is 1. The van der Waals surface area contributed by atoms with Gasteiger partial charge in [0.2, 0.25) is 0 Å². The molecule has 4 rings (SSSR count). The van der Waals surface area contributed by atoms with Crippen LogP contribution in [0.25, 0.3) is 10.2 Å². The summed E-state index contributed by atoms with van der Waals surface area (Å²) in [5, 5.41) is 5.00. The van der Waals surface area contributed by atoms with Crippen LogP contribution in [0.15, 0.2) is 30.3 Å². The molecule has 1 fully saturated rings. The Kier molecular flexibility index (Phi) is 8.13. The van der Waals surface area contributed by atoms with Crippen molar-refractivity contribution < 1.29 is 19.0 Å². The second kappa shape index (κ2) is 11.3. The van der Waals surface area contributed by atoms with Crippen molar-refractivity contribution in [1.29, 1.82) is 0 Å². The molecule has 2 heterocycles. The molecular weight excluding hydrogens is 474 g/mol. The summed E-state index contributed by atoms with van der Waals surface area (Å²) in [5.74, 6) is 1.000. The molecule has 0 radical (unpaired) electrons. The van der Waals surface area contributed by atoms with Gasteiger partial charge in [-0.25, -0.2) is 9.78 Å². The van der Waals surface area contributed by atoms with Crippen molar-refractivity contribution in [3.8, 4) is 11.5 Å². The fourth-order valence-electron chi connectivity index (χ4n) is 4.14. The van der Waals surface area contributed by atoms with Crippen LogP contribution >= 0.6 is 22.9 Å². The van der Waals surface area contributed by atoms with Crippen molar-refractivity contribution in [2.45, 2.75) is 39.3 Å². The smallest absolute Gasteiger partial charge is 0.337 e. The Labute approximate surface area is 209 Å². The number of aromatic nitrogens is 1. The van der Waals surface area contributed by atoms with Crippen LogP contribution in [0.2, 0.25) is 5.02 Å². The molecule has 34 heavy (non-hydrogen) atoms. The van der Waals surface area contributed by atoms with Gasteiger partial charge in [0.05, 0.1) is 36.1 Å². The van der Waals surface area contributed by atoms with Crippen LogP contribution in [0.1, 0.15) is 42.6 Å². The number of halogens is 1. The first-order chi connectivity index (χ1) is 16.5. The molecule has 0 spiro atoms. The van der Waals surface area contributed by atoms with E-state index in [1.807, 2.05) is 32.0 Å². The van der Waals surface area contributed by atoms with Gasteiger partial charge in [-0.3, -0.25) is 4.90 Å². The lowest BCUT2D eigenvalue weighted by molar-refractivity contribution is 0.0601. The molecule has 0 saturated carbocycles. The fraction of sp³-hybridized carbons (Fsp3) is 0.440. The standard InChI is InChI=1S/C25H30ClN3O4S/c1-4-32-20-12-16(13-21(23(20)26)33-5-2)15-29-10-8-18(9-11-29)27-25-28-19-14-17(24(30)31-3)6-7-22(19)34-25/h6-7,12-14,18H,4-5,8-11,15H2,1-3H3,(H,27,28). The molecular formula is C25H30ClN3O4S. The van der Waals surface area contributed by atoms with E-state index in [1.165, 1.54) is 7.11 Å². The van der Waals surface area contributed by atoms with Crippen LogP contribution in [-0.2, 0) is 11.3 Å². The average molecular weight is 504 g/mol. The number of carbonyl (C=O) groups excluding carboxylic acids is 1. The first-order valence-corrected chi connectivity index (χ1v) is 12.8. The van der Waals surface area contributed by atoms with E-state index in [4.69, 9.17) is 25.8 Å². The normalized spacial score (nSPS) is 14.8. The molecule has 7 nitrogen and oxygen atoms in total. The van der Waals surface area contributed by atoms with Crippen molar-refractivity contribution in [3.05, 3.63) is 46.5 Å². The number of likely N-dealkylation sites (tertiary alicyclic amines) is 1. The van der Waals surface area contributed by atoms with Crippen molar-refractivity contribution in [2.75, 3.05) is 38.7 Å². The SMILES string of the molecule is CCOc1cc(CN2CCC(Nc3nc4cc(C(=O)OC)ccc4s3)CC2)cc(OCC)c1Cl. The van der Waals surface area contributed by atoms with E-state index in [0.29, 0.717) is 41.3 Å². The average Bonchev–Trinajstić information content (AvgIpc) is 3.24. The highest BCUT2D eigenvalue weighted by molar-refractivity contribution is 7.22. The second-order valence-corrected chi connectivity index (χ2v) is 9.57. The summed E-state index contributed by atoms with van der Waals surface area (Å²) in [7, 11) is 1.38. The molecule has 3 aromatic rings. The van der Waals surface area contributed by atoms with Crippen LogP contribution in [0.4, 0.5) is 5.13 Å². The molecule has 1 aliphatic heterocycles. The van der Waals surface area contributed by atoms with E-state index >= 15 is 0 Å². The van der Waals surface area contributed by atoms with Crippen LogP contribution in [0.5, 0.6) is 11.5 Å². The number of nitrogens with zero attached hydrogens (tertiary/aromatic N) is 2. The molecule has 1 saturated heterocycles. The molecule has 1 aromatic heterocycles. The summed E-state index contributed by atoms with van der Waals surface area (Å²) in [5.41, 5.74) is 2.46. The number of fused-ring (bicyclic) bond motifs is 1. The summed E-state index contributed by atoms with van der Waals surface area (Å²) >= 11 is 8.05. The Morgan fingerprint density at radius 1 is 1.15 bits per heavy atom. The third-order valence-electron chi connectivity index (χ3n) is 5.80. The quantitative estimate of drug-likeness (QED) is 0.380.